The van der Waals surface area contributed by atoms with Crippen LogP contribution in [0.25, 0.3) is 11.3 Å². The van der Waals surface area contributed by atoms with Gasteiger partial charge in [-0.3, -0.25) is 4.68 Å². The summed E-state index contributed by atoms with van der Waals surface area (Å²) in [6.07, 6.45) is 2.36. The first-order valence-electron chi connectivity index (χ1n) is 8.57. The van der Waals surface area contributed by atoms with Gasteiger partial charge < -0.3 is 4.74 Å². The maximum atomic E-state index is 12.8. The van der Waals surface area contributed by atoms with Gasteiger partial charge in [0.05, 0.1) is 6.10 Å². The summed E-state index contributed by atoms with van der Waals surface area (Å²) in [6.45, 7) is 8.70. The van der Waals surface area contributed by atoms with Crippen LogP contribution < -0.4 is 4.72 Å². The first kappa shape index (κ1) is 19.6. The molecule has 0 radical (unpaired) electrons. The Labute approximate surface area is 150 Å². The summed E-state index contributed by atoms with van der Waals surface area (Å²) in [5.74, 6) is 0. The predicted molar refractivity (Wildman–Crippen MR) is 98.9 cm³/mol. The molecule has 25 heavy (non-hydrogen) atoms. The third kappa shape index (κ3) is 5.39. The highest BCUT2D eigenvalue weighted by molar-refractivity contribution is 7.89. The van der Waals surface area contributed by atoms with Gasteiger partial charge in [-0.15, -0.1) is 0 Å². The number of nitrogens with one attached hydrogen (secondary N) is 1. The molecule has 2 rings (SSSR count). The Morgan fingerprint density at radius 1 is 1.16 bits per heavy atom. The van der Waals surface area contributed by atoms with Crippen LogP contribution in [0.15, 0.2) is 41.4 Å². The van der Waals surface area contributed by atoms with Crippen molar-refractivity contribution in [1.29, 1.82) is 0 Å². The van der Waals surface area contributed by atoms with E-state index in [4.69, 9.17) is 4.74 Å². The van der Waals surface area contributed by atoms with Gasteiger partial charge in [0.1, 0.15) is 10.6 Å². The lowest BCUT2D eigenvalue weighted by Crippen LogP contribution is -2.26. The molecule has 2 aromatic rings. The van der Waals surface area contributed by atoms with Gasteiger partial charge in [-0.2, -0.15) is 5.10 Å². The first-order chi connectivity index (χ1) is 11.8. The van der Waals surface area contributed by atoms with E-state index in [1.54, 1.807) is 10.9 Å². The van der Waals surface area contributed by atoms with Crippen molar-refractivity contribution < 1.29 is 13.2 Å². The van der Waals surface area contributed by atoms with Gasteiger partial charge in [-0.1, -0.05) is 30.3 Å². The standard InChI is InChI=1S/C18H27N3O3S/c1-14(2)21-13-17(18(20-21)16-9-6-5-7-10-16)25(22,23)19-11-8-12-24-15(3)4/h5-7,9-10,13-15,19H,8,11-12H2,1-4H3. The van der Waals surface area contributed by atoms with Crippen molar-refractivity contribution in [3.05, 3.63) is 36.5 Å². The molecule has 6 nitrogen and oxygen atoms in total. The third-order valence-electron chi connectivity index (χ3n) is 3.63. The van der Waals surface area contributed by atoms with Crippen LogP contribution in [-0.2, 0) is 14.8 Å². The third-order valence-corrected chi connectivity index (χ3v) is 5.09. The van der Waals surface area contributed by atoms with Gasteiger partial charge in [0.2, 0.25) is 10.0 Å². The SMILES string of the molecule is CC(C)OCCCNS(=O)(=O)c1cn(C(C)C)nc1-c1ccccc1. The number of rotatable bonds is 9. The summed E-state index contributed by atoms with van der Waals surface area (Å²) >= 11 is 0. The van der Waals surface area contributed by atoms with Gasteiger partial charge in [0.25, 0.3) is 0 Å². The summed E-state index contributed by atoms with van der Waals surface area (Å²) in [6, 6.07) is 9.44. The molecule has 1 aromatic heterocycles. The lowest BCUT2D eigenvalue weighted by atomic mass is 10.2. The zero-order valence-corrected chi connectivity index (χ0v) is 16.1. The molecule has 0 atom stereocenters. The van der Waals surface area contributed by atoms with Crippen molar-refractivity contribution in [2.45, 2.75) is 51.2 Å². The maximum Gasteiger partial charge on any atom is 0.244 e. The molecule has 0 saturated carbocycles. The van der Waals surface area contributed by atoms with E-state index in [0.717, 1.165) is 5.56 Å². The van der Waals surface area contributed by atoms with E-state index in [0.29, 0.717) is 25.3 Å². The zero-order valence-electron chi connectivity index (χ0n) is 15.3. The minimum Gasteiger partial charge on any atom is -0.379 e. The highest BCUT2D eigenvalue weighted by Gasteiger charge is 2.23. The quantitative estimate of drug-likeness (QED) is 0.693. The summed E-state index contributed by atoms with van der Waals surface area (Å²) in [7, 11) is -3.64. The van der Waals surface area contributed by atoms with Gasteiger partial charge in [-0.05, 0) is 34.1 Å². The van der Waals surface area contributed by atoms with Gasteiger partial charge in [0, 0.05) is 31.0 Å². The Morgan fingerprint density at radius 2 is 1.84 bits per heavy atom. The predicted octanol–water partition coefficient (Wildman–Crippen LogP) is 3.22. The number of ether oxygens (including phenoxy) is 1. The van der Waals surface area contributed by atoms with Crippen LogP contribution in [0.2, 0.25) is 0 Å². The van der Waals surface area contributed by atoms with Crippen molar-refractivity contribution in [3.63, 3.8) is 0 Å². The maximum absolute atomic E-state index is 12.8. The molecule has 1 heterocycles. The number of hydrogen-bond donors (Lipinski definition) is 1. The molecule has 0 aliphatic rings. The molecule has 7 heteroatoms. The van der Waals surface area contributed by atoms with Gasteiger partial charge >= 0.3 is 0 Å². The number of benzene rings is 1. The van der Waals surface area contributed by atoms with Crippen LogP contribution in [0, 0.1) is 0 Å². The molecule has 1 N–H and O–H groups in total. The molecule has 0 fully saturated rings. The normalized spacial score (nSPS) is 12.2. The lowest BCUT2D eigenvalue weighted by Gasteiger charge is -2.09. The van der Waals surface area contributed by atoms with Crippen molar-refractivity contribution in [3.8, 4) is 11.3 Å². The monoisotopic (exact) mass is 365 g/mol. The van der Waals surface area contributed by atoms with Crippen LogP contribution in [0.5, 0.6) is 0 Å². The van der Waals surface area contributed by atoms with E-state index in [-0.39, 0.29) is 17.0 Å². The van der Waals surface area contributed by atoms with Crippen LogP contribution in [0.1, 0.15) is 40.2 Å². The van der Waals surface area contributed by atoms with E-state index in [1.807, 2.05) is 58.0 Å². The molecular weight excluding hydrogens is 338 g/mol. The molecule has 0 amide bonds. The van der Waals surface area contributed by atoms with Crippen molar-refractivity contribution in [2.24, 2.45) is 0 Å². The van der Waals surface area contributed by atoms with Crippen LogP contribution in [0.4, 0.5) is 0 Å². The first-order valence-corrected chi connectivity index (χ1v) is 10.1. The van der Waals surface area contributed by atoms with Crippen LogP contribution >= 0.6 is 0 Å². The van der Waals surface area contributed by atoms with Crippen molar-refractivity contribution >= 4 is 10.0 Å². The smallest absolute Gasteiger partial charge is 0.244 e. The Bertz CT molecular complexity index is 768. The van der Waals surface area contributed by atoms with Crippen LogP contribution in [0.3, 0.4) is 0 Å². The van der Waals surface area contributed by atoms with Crippen molar-refractivity contribution in [2.75, 3.05) is 13.2 Å². The lowest BCUT2D eigenvalue weighted by molar-refractivity contribution is 0.0778. The second-order valence-electron chi connectivity index (χ2n) is 6.45. The van der Waals surface area contributed by atoms with Crippen molar-refractivity contribution in [1.82, 2.24) is 14.5 Å². The van der Waals surface area contributed by atoms with E-state index in [2.05, 4.69) is 9.82 Å². The highest BCUT2D eigenvalue weighted by atomic mass is 32.2. The summed E-state index contributed by atoms with van der Waals surface area (Å²) in [5, 5.41) is 4.49. The average molecular weight is 365 g/mol. The Morgan fingerprint density at radius 3 is 2.44 bits per heavy atom. The minimum absolute atomic E-state index is 0.0749. The second kappa shape index (κ2) is 8.60. The highest BCUT2D eigenvalue weighted by Crippen LogP contribution is 2.26. The van der Waals surface area contributed by atoms with E-state index in [1.165, 1.54) is 0 Å². The molecule has 0 unspecified atom stereocenters. The van der Waals surface area contributed by atoms with Crippen LogP contribution in [-0.4, -0.2) is 37.5 Å². The number of nitrogens with zero attached hydrogens (tertiary/aromatic N) is 2. The Kier molecular flexibility index (Phi) is 6.75. The fourth-order valence-electron chi connectivity index (χ4n) is 2.31. The number of sulfonamides is 1. The second-order valence-corrected chi connectivity index (χ2v) is 8.19. The molecule has 0 spiro atoms. The molecule has 138 valence electrons. The molecule has 1 aromatic carbocycles. The zero-order chi connectivity index (χ0) is 18.4. The molecule has 0 aliphatic heterocycles. The molecular formula is C18H27N3O3S. The van der Waals surface area contributed by atoms with E-state index < -0.39 is 10.0 Å². The summed E-state index contributed by atoms with van der Waals surface area (Å²) < 4.78 is 35.3. The largest absolute Gasteiger partial charge is 0.379 e. The number of aromatic nitrogens is 2. The fraction of sp³-hybridized carbons (Fsp3) is 0.500. The summed E-state index contributed by atoms with van der Waals surface area (Å²) in [4.78, 5) is 0.206. The Hall–Kier alpha value is -1.70. The average Bonchev–Trinajstić information content (AvgIpc) is 3.01. The fourth-order valence-corrected chi connectivity index (χ4v) is 3.54. The van der Waals surface area contributed by atoms with E-state index in [9.17, 15) is 8.42 Å². The molecule has 0 aliphatic carbocycles. The summed E-state index contributed by atoms with van der Waals surface area (Å²) in [5.41, 5.74) is 1.26. The molecule has 0 bridgehead atoms. The van der Waals surface area contributed by atoms with Gasteiger partial charge in [0.15, 0.2) is 0 Å². The van der Waals surface area contributed by atoms with Gasteiger partial charge in [-0.25, -0.2) is 13.1 Å². The topological polar surface area (TPSA) is 73.2 Å². The number of hydrogen-bond acceptors (Lipinski definition) is 4. The Balaban J connectivity index is 2.21. The molecule has 0 saturated heterocycles. The van der Waals surface area contributed by atoms with E-state index >= 15 is 0 Å². The minimum atomic E-state index is -3.64.